The third-order valence-electron chi connectivity index (χ3n) is 2.25. The van der Waals surface area contributed by atoms with Crippen LogP contribution in [0.4, 0.5) is 0 Å². The molecular weight excluding hydrogens is 220 g/mol. The van der Waals surface area contributed by atoms with Crippen LogP contribution in [-0.2, 0) is 22.6 Å². The fourth-order valence-electron chi connectivity index (χ4n) is 1.53. The predicted octanol–water partition coefficient (Wildman–Crippen LogP) is 0.683. The topological polar surface area (TPSA) is 60.2 Å². The molecule has 1 aromatic heterocycles. The number of aryl methyl sites for hydroxylation is 1. The van der Waals surface area contributed by atoms with Crippen LogP contribution < -0.4 is 0 Å². The van der Waals surface area contributed by atoms with Crippen LogP contribution in [0.5, 0.6) is 0 Å². The van der Waals surface area contributed by atoms with Crippen LogP contribution in [0.3, 0.4) is 0 Å². The van der Waals surface area contributed by atoms with Crippen molar-refractivity contribution in [1.82, 2.24) is 19.7 Å². The highest BCUT2D eigenvalue weighted by molar-refractivity contribution is 5.71. The maximum Gasteiger partial charge on any atom is 0.320 e. The van der Waals surface area contributed by atoms with E-state index in [1.54, 1.807) is 13.3 Å². The van der Waals surface area contributed by atoms with Crippen LogP contribution in [-0.4, -0.2) is 45.8 Å². The zero-order valence-corrected chi connectivity index (χ0v) is 10.7. The number of ether oxygens (including phenoxy) is 1. The number of rotatable bonds is 7. The van der Waals surface area contributed by atoms with Gasteiger partial charge in [-0.05, 0) is 20.4 Å². The van der Waals surface area contributed by atoms with E-state index in [1.807, 2.05) is 16.6 Å². The van der Waals surface area contributed by atoms with Crippen molar-refractivity contribution in [2.75, 3.05) is 20.2 Å². The van der Waals surface area contributed by atoms with E-state index in [9.17, 15) is 4.79 Å². The zero-order chi connectivity index (χ0) is 12.7. The fourth-order valence-corrected chi connectivity index (χ4v) is 1.53. The first-order valence-electron chi connectivity index (χ1n) is 5.88. The Balaban J connectivity index is 2.46. The predicted molar refractivity (Wildman–Crippen MR) is 63.3 cm³/mol. The molecule has 0 radical (unpaired) electrons. The minimum absolute atomic E-state index is 0.212. The van der Waals surface area contributed by atoms with E-state index < -0.39 is 0 Å². The number of likely N-dealkylation sites (N-methyl/N-ethyl adjacent to an activating group) is 1. The zero-order valence-electron chi connectivity index (χ0n) is 10.7. The SMILES string of the molecule is CCCn1ncnc1CN(C)CC(=O)OCC. The number of carbonyl (C=O) groups excluding carboxylic acids is 1. The fraction of sp³-hybridized carbons (Fsp3) is 0.727. The van der Waals surface area contributed by atoms with Gasteiger partial charge in [0.25, 0.3) is 0 Å². The molecule has 0 aliphatic carbocycles. The van der Waals surface area contributed by atoms with Gasteiger partial charge in [-0.2, -0.15) is 5.10 Å². The molecule has 0 bridgehead atoms. The molecule has 1 rings (SSSR count). The van der Waals surface area contributed by atoms with Gasteiger partial charge in [0.15, 0.2) is 0 Å². The molecule has 1 aromatic rings. The summed E-state index contributed by atoms with van der Waals surface area (Å²) in [7, 11) is 1.86. The molecule has 0 amide bonds. The first kappa shape index (κ1) is 13.6. The molecule has 0 aromatic carbocycles. The molecule has 6 nitrogen and oxygen atoms in total. The quantitative estimate of drug-likeness (QED) is 0.656. The lowest BCUT2D eigenvalue weighted by atomic mass is 10.4. The van der Waals surface area contributed by atoms with Crippen LogP contribution >= 0.6 is 0 Å². The second-order valence-corrected chi connectivity index (χ2v) is 3.88. The van der Waals surface area contributed by atoms with Gasteiger partial charge in [0.2, 0.25) is 0 Å². The van der Waals surface area contributed by atoms with Crippen molar-refractivity contribution in [2.24, 2.45) is 0 Å². The average molecular weight is 240 g/mol. The summed E-state index contributed by atoms with van der Waals surface area (Å²) in [5.41, 5.74) is 0. The highest BCUT2D eigenvalue weighted by Crippen LogP contribution is 2.00. The van der Waals surface area contributed by atoms with Gasteiger partial charge in [-0.25, -0.2) is 9.67 Å². The Morgan fingerprint density at radius 1 is 1.53 bits per heavy atom. The molecule has 96 valence electrons. The molecule has 0 unspecified atom stereocenters. The molecule has 0 saturated heterocycles. The standard InChI is InChI=1S/C11H20N4O2/c1-4-6-15-10(12-9-13-15)7-14(3)8-11(16)17-5-2/h9H,4-8H2,1-3H3. The van der Waals surface area contributed by atoms with Gasteiger partial charge in [0.1, 0.15) is 12.2 Å². The summed E-state index contributed by atoms with van der Waals surface area (Å²) >= 11 is 0. The Hall–Kier alpha value is -1.43. The summed E-state index contributed by atoms with van der Waals surface area (Å²) in [5.74, 6) is 0.662. The van der Waals surface area contributed by atoms with Crippen LogP contribution in [0, 0.1) is 0 Å². The van der Waals surface area contributed by atoms with Crippen LogP contribution in [0.25, 0.3) is 0 Å². The lowest BCUT2D eigenvalue weighted by Crippen LogP contribution is -2.28. The Bertz CT molecular complexity index is 351. The first-order valence-corrected chi connectivity index (χ1v) is 5.88. The van der Waals surface area contributed by atoms with Crippen molar-refractivity contribution in [3.8, 4) is 0 Å². The van der Waals surface area contributed by atoms with E-state index in [2.05, 4.69) is 17.0 Å². The summed E-state index contributed by atoms with van der Waals surface area (Å²) in [6, 6.07) is 0. The van der Waals surface area contributed by atoms with E-state index in [-0.39, 0.29) is 12.5 Å². The van der Waals surface area contributed by atoms with Crippen LogP contribution in [0.1, 0.15) is 26.1 Å². The van der Waals surface area contributed by atoms with E-state index in [1.165, 1.54) is 0 Å². The maximum absolute atomic E-state index is 11.3. The number of nitrogens with zero attached hydrogens (tertiary/aromatic N) is 4. The van der Waals surface area contributed by atoms with Crippen molar-refractivity contribution in [3.63, 3.8) is 0 Å². The Labute approximate surface area is 102 Å². The normalized spacial score (nSPS) is 10.8. The average Bonchev–Trinajstić information content (AvgIpc) is 2.66. The molecule has 0 spiro atoms. The second-order valence-electron chi connectivity index (χ2n) is 3.88. The number of esters is 1. The van der Waals surface area contributed by atoms with E-state index >= 15 is 0 Å². The summed E-state index contributed by atoms with van der Waals surface area (Å²) in [6.07, 6.45) is 2.56. The molecule has 0 atom stereocenters. The second kappa shape index (κ2) is 7.01. The largest absolute Gasteiger partial charge is 0.465 e. The van der Waals surface area contributed by atoms with Crippen LogP contribution in [0.2, 0.25) is 0 Å². The summed E-state index contributed by atoms with van der Waals surface area (Å²) in [6.45, 7) is 6.02. The monoisotopic (exact) mass is 240 g/mol. The Kier molecular flexibility index (Phi) is 5.62. The molecule has 6 heteroatoms. The highest BCUT2D eigenvalue weighted by Gasteiger charge is 2.11. The van der Waals surface area contributed by atoms with Crippen molar-refractivity contribution in [3.05, 3.63) is 12.2 Å². The number of hydrogen-bond donors (Lipinski definition) is 0. The van der Waals surface area contributed by atoms with Crippen molar-refractivity contribution in [2.45, 2.75) is 33.4 Å². The smallest absolute Gasteiger partial charge is 0.320 e. The first-order chi connectivity index (χ1) is 8.17. The number of hydrogen-bond acceptors (Lipinski definition) is 5. The Morgan fingerprint density at radius 2 is 2.29 bits per heavy atom. The minimum atomic E-state index is -0.212. The number of aromatic nitrogens is 3. The highest BCUT2D eigenvalue weighted by atomic mass is 16.5. The van der Waals surface area contributed by atoms with Gasteiger partial charge in [0.05, 0.1) is 19.7 Å². The molecule has 17 heavy (non-hydrogen) atoms. The van der Waals surface area contributed by atoms with E-state index in [0.717, 1.165) is 18.8 Å². The van der Waals surface area contributed by atoms with Gasteiger partial charge < -0.3 is 4.74 Å². The maximum atomic E-state index is 11.3. The van der Waals surface area contributed by atoms with E-state index in [4.69, 9.17) is 4.74 Å². The summed E-state index contributed by atoms with van der Waals surface area (Å²) in [5, 5.41) is 4.14. The van der Waals surface area contributed by atoms with Gasteiger partial charge in [0, 0.05) is 6.54 Å². The van der Waals surface area contributed by atoms with Gasteiger partial charge in [-0.1, -0.05) is 6.92 Å². The van der Waals surface area contributed by atoms with Crippen molar-refractivity contribution in [1.29, 1.82) is 0 Å². The van der Waals surface area contributed by atoms with Crippen molar-refractivity contribution >= 4 is 5.97 Å². The van der Waals surface area contributed by atoms with Crippen LogP contribution in [0.15, 0.2) is 6.33 Å². The molecule has 0 saturated carbocycles. The third-order valence-corrected chi connectivity index (χ3v) is 2.25. The van der Waals surface area contributed by atoms with Crippen molar-refractivity contribution < 1.29 is 9.53 Å². The third kappa shape index (κ3) is 4.52. The van der Waals surface area contributed by atoms with Gasteiger partial charge in [-0.15, -0.1) is 0 Å². The van der Waals surface area contributed by atoms with Gasteiger partial charge >= 0.3 is 5.97 Å². The molecule has 0 aliphatic rings. The summed E-state index contributed by atoms with van der Waals surface area (Å²) in [4.78, 5) is 17.3. The molecule has 1 heterocycles. The lowest BCUT2D eigenvalue weighted by molar-refractivity contribution is -0.144. The molecular formula is C11H20N4O2. The molecule has 0 aliphatic heterocycles. The lowest BCUT2D eigenvalue weighted by Gasteiger charge is -2.15. The number of carbonyl (C=O) groups is 1. The summed E-state index contributed by atoms with van der Waals surface area (Å²) < 4.78 is 6.75. The van der Waals surface area contributed by atoms with Gasteiger partial charge in [-0.3, -0.25) is 9.69 Å². The minimum Gasteiger partial charge on any atom is -0.465 e. The molecule has 0 N–H and O–H groups in total. The van der Waals surface area contributed by atoms with E-state index in [0.29, 0.717) is 13.2 Å². The Morgan fingerprint density at radius 3 is 2.94 bits per heavy atom. The molecule has 0 fully saturated rings.